The van der Waals surface area contributed by atoms with Gasteiger partial charge in [-0.25, -0.2) is 0 Å². The third-order valence-corrected chi connectivity index (χ3v) is 3.94. The Kier molecular flexibility index (Phi) is 4.77. The lowest BCUT2D eigenvalue weighted by molar-refractivity contribution is -0.188. The summed E-state index contributed by atoms with van der Waals surface area (Å²) in [5, 5.41) is 8.95. The van der Waals surface area contributed by atoms with E-state index in [1.165, 1.54) is 6.08 Å². The molecule has 2 rings (SSSR count). The Morgan fingerprint density at radius 3 is 2.30 bits per heavy atom. The minimum absolute atomic E-state index is 0.434. The van der Waals surface area contributed by atoms with Crippen LogP contribution in [-0.4, -0.2) is 41.1 Å². The van der Waals surface area contributed by atoms with Crippen molar-refractivity contribution in [1.82, 2.24) is 4.90 Å². The first kappa shape index (κ1) is 17.1. The van der Waals surface area contributed by atoms with E-state index in [9.17, 15) is 22.8 Å². The molecular formula is C16H16F3NO3. The summed E-state index contributed by atoms with van der Waals surface area (Å²) in [6.07, 6.45) is -3.40. The number of hydrogen-bond acceptors (Lipinski definition) is 2. The number of carbonyl (C=O) groups is 2. The quantitative estimate of drug-likeness (QED) is 0.869. The molecule has 4 nitrogen and oxygen atoms in total. The number of carbonyl (C=O) groups excluding carboxylic acids is 1. The number of amides is 1. The zero-order valence-electron chi connectivity index (χ0n) is 12.4. The zero-order chi connectivity index (χ0) is 17.2. The molecule has 1 aromatic rings. The minimum Gasteiger partial charge on any atom is -0.481 e. The third kappa shape index (κ3) is 3.91. The number of aliphatic carboxylic acids is 1. The van der Waals surface area contributed by atoms with Crippen molar-refractivity contribution in [2.75, 3.05) is 13.1 Å². The molecule has 0 saturated carbocycles. The molecule has 0 radical (unpaired) electrons. The molecule has 1 N–H and O–H groups in total. The number of carboxylic acid groups (broad SMARTS) is 1. The summed E-state index contributed by atoms with van der Waals surface area (Å²) in [7, 11) is 0. The lowest BCUT2D eigenvalue weighted by Gasteiger charge is -2.18. The standard InChI is InChI=1S/C16H16F3NO3/c1-10(11-5-3-2-4-6-11)7-14(21)20-8-12(15(22)23)13(9-20)16(17,18)19/h2-7,12-13H,8-9H2,1H3,(H,22,23)/b10-7+/t12-,13-/m1/s1. The van der Waals surface area contributed by atoms with Crippen LogP contribution < -0.4 is 0 Å². The predicted molar refractivity (Wildman–Crippen MR) is 77.3 cm³/mol. The summed E-state index contributed by atoms with van der Waals surface area (Å²) in [5.74, 6) is -5.80. The monoisotopic (exact) mass is 327 g/mol. The molecule has 23 heavy (non-hydrogen) atoms. The Morgan fingerprint density at radius 1 is 1.22 bits per heavy atom. The molecule has 0 aliphatic carbocycles. The summed E-state index contributed by atoms with van der Waals surface area (Å²) in [4.78, 5) is 24.1. The lowest BCUT2D eigenvalue weighted by atomic mass is 9.96. The molecule has 1 fully saturated rings. The van der Waals surface area contributed by atoms with Crippen LogP contribution in [0.25, 0.3) is 5.57 Å². The Bertz CT molecular complexity index is 625. The van der Waals surface area contributed by atoms with Crippen LogP contribution >= 0.6 is 0 Å². The van der Waals surface area contributed by atoms with Gasteiger partial charge in [0.1, 0.15) is 0 Å². The second kappa shape index (κ2) is 6.44. The van der Waals surface area contributed by atoms with Gasteiger partial charge in [0.15, 0.2) is 0 Å². The average Bonchev–Trinajstić information content (AvgIpc) is 2.93. The van der Waals surface area contributed by atoms with Crippen molar-refractivity contribution >= 4 is 17.4 Å². The number of carboxylic acids is 1. The summed E-state index contributed by atoms with van der Waals surface area (Å²) >= 11 is 0. The number of nitrogens with zero attached hydrogens (tertiary/aromatic N) is 1. The van der Waals surface area contributed by atoms with Crippen LogP contribution in [0.15, 0.2) is 36.4 Å². The van der Waals surface area contributed by atoms with Gasteiger partial charge in [0, 0.05) is 19.2 Å². The van der Waals surface area contributed by atoms with E-state index in [4.69, 9.17) is 5.11 Å². The van der Waals surface area contributed by atoms with Gasteiger partial charge in [0.05, 0.1) is 11.8 Å². The van der Waals surface area contributed by atoms with E-state index in [1.807, 2.05) is 6.07 Å². The molecule has 0 unspecified atom stereocenters. The predicted octanol–water partition coefficient (Wildman–Crippen LogP) is 2.81. The summed E-state index contributed by atoms with van der Waals surface area (Å²) < 4.78 is 38.8. The lowest BCUT2D eigenvalue weighted by Crippen LogP contribution is -2.33. The van der Waals surface area contributed by atoms with Gasteiger partial charge in [-0.1, -0.05) is 30.3 Å². The average molecular weight is 327 g/mol. The molecule has 0 spiro atoms. The van der Waals surface area contributed by atoms with Gasteiger partial charge >= 0.3 is 12.1 Å². The van der Waals surface area contributed by atoms with E-state index < -0.39 is 43.0 Å². The largest absolute Gasteiger partial charge is 0.481 e. The second-order valence-corrected chi connectivity index (χ2v) is 5.53. The van der Waals surface area contributed by atoms with Gasteiger partial charge in [0.25, 0.3) is 0 Å². The molecular weight excluding hydrogens is 311 g/mol. The number of alkyl halides is 3. The smallest absolute Gasteiger partial charge is 0.394 e. The maximum atomic E-state index is 12.9. The van der Waals surface area contributed by atoms with Crippen LogP contribution in [0.2, 0.25) is 0 Å². The maximum absolute atomic E-state index is 12.9. The first-order valence-electron chi connectivity index (χ1n) is 7.02. The van der Waals surface area contributed by atoms with E-state index in [1.54, 1.807) is 31.2 Å². The minimum atomic E-state index is -4.64. The molecule has 1 aromatic carbocycles. The van der Waals surface area contributed by atoms with E-state index in [2.05, 4.69) is 0 Å². The molecule has 1 saturated heterocycles. The van der Waals surface area contributed by atoms with Gasteiger partial charge in [-0.05, 0) is 18.1 Å². The summed E-state index contributed by atoms with van der Waals surface area (Å²) in [5.41, 5.74) is 1.39. The number of rotatable bonds is 3. The van der Waals surface area contributed by atoms with E-state index in [-0.39, 0.29) is 0 Å². The van der Waals surface area contributed by atoms with Gasteiger partial charge < -0.3 is 10.0 Å². The highest BCUT2D eigenvalue weighted by Crippen LogP contribution is 2.37. The molecule has 1 aliphatic heterocycles. The van der Waals surface area contributed by atoms with Crippen LogP contribution in [-0.2, 0) is 9.59 Å². The van der Waals surface area contributed by atoms with Gasteiger partial charge in [-0.3, -0.25) is 9.59 Å². The topological polar surface area (TPSA) is 57.6 Å². The van der Waals surface area contributed by atoms with Crippen molar-refractivity contribution in [1.29, 1.82) is 0 Å². The fourth-order valence-electron chi connectivity index (χ4n) is 2.63. The van der Waals surface area contributed by atoms with E-state index in [0.717, 1.165) is 10.5 Å². The first-order chi connectivity index (χ1) is 10.7. The van der Waals surface area contributed by atoms with Gasteiger partial charge in [-0.15, -0.1) is 0 Å². The number of hydrogen-bond donors (Lipinski definition) is 1. The fraction of sp³-hybridized carbons (Fsp3) is 0.375. The molecule has 1 amide bonds. The molecule has 0 bridgehead atoms. The van der Waals surface area contributed by atoms with E-state index in [0.29, 0.717) is 5.57 Å². The zero-order valence-corrected chi connectivity index (χ0v) is 12.4. The van der Waals surface area contributed by atoms with Crippen molar-refractivity contribution in [3.05, 3.63) is 42.0 Å². The number of likely N-dealkylation sites (tertiary alicyclic amines) is 1. The third-order valence-electron chi connectivity index (χ3n) is 3.94. The van der Waals surface area contributed by atoms with Gasteiger partial charge in [0.2, 0.25) is 5.91 Å². The molecule has 1 aliphatic rings. The molecule has 1 heterocycles. The van der Waals surface area contributed by atoms with E-state index >= 15 is 0 Å². The van der Waals surface area contributed by atoms with Crippen molar-refractivity contribution in [3.63, 3.8) is 0 Å². The first-order valence-corrected chi connectivity index (χ1v) is 7.02. The molecule has 2 atom stereocenters. The highest BCUT2D eigenvalue weighted by Gasteiger charge is 2.53. The second-order valence-electron chi connectivity index (χ2n) is 5.53. The van der Waals surface area contributed by atoms with Crippen molar-refractivity contribution in [2.45, 2.75) is 13.1 Å². The SMILES string of the molecule is C/C(=C\C(=O)N1C[C@@H](C(F)(F)F)[C@H](C(=O)O)C1)c1ccccc1. The Hall–Kier alpha value is -2.31. The molecule has 124 valence electrons. The number of halogens is 3. The fourth-order valence-corrected chi connectivity index (χ4v) is 2.63. The van der Waals surface area contributed by atoms with Crippen LogP contribution in [0, 0.1) is 11.8 Å². The van der Waals surface area contributed by atoms with Crippen molar-refractivity contribution < 1.29 is 27.9 Å². The maximum Gasteiger partial charge on any atom is 0.394 e. The van der Waals surface area contributed by atoms with Crippen molar-refractivity contribution in [2.24, 2.45) is 11.8 Å². The number of benzene rings is 1. The highest BCUT2D eigenvalue weighted by molar-refractivity contribution is 5.95. The van der Waals surface area contributed by atoms with Crippen LogP contribution in [0.3, 0.4) is 0 Å². The summed E-state index contributed by atoms with van der Waals surface area (Å²) in [6, 6.07) is 8.94. The van der Waals surface area contributed by atoms with Crippen LogP contribution in [0.5, 0.6) is 0 Å². The Balaban J connectivity index is 2.16. The van der Waals surface area contributed by atoms with Crippen LogP contribution in [0.1, 0.15) is 12.5 Å². The Morgan fingerprint density at radius 2 is 1.83 bits per heavy atom. The number of allylic oxidation sites excluding steroid dienone is 1. The van der Waals surface area contributed by atoms with Crippen LogP contribution in [0.4, 0.5) is 13.2 Å². The normalized spacial score (nSPS) is 22.3. The Labute approximate surface area is 131 Å². The summed E-state index contributed by atoms with van der Waals surface area (Å²) in [6.45, 7) is 0.619. The van der Waals surface area contributed by atoms with Crippen molar-refractivity contribution in [3.8, 4) is 0 Å². The molecule has 7 heteroatoms. The van der Waals surface area contributed by atoms with Gasteiger partial charge in [-0.2, -0.15) is 13.2 Å². The highest BCUT2D eigenvalue weighted by atomic mass is 19.4. The molecule has 0 aromatic heterocycles.